The number of hydrogen-bond acceptors (Lipinski definition) is 5. The van der Waals surface area contributed by atoms with Crippen molar-refractivity contribution in [2.45, 2.75) is 0 Å². The molecule has 1 rings (SSSR count). The molecule has 86 valence electrons. The number of nitro groups is 1. The van der Waals surface area contributed by atoms with E-state index in [1.54, 1.807) is 12.1 Å². The van der Waals surface area contributed by atoms with Gasteiger partial charge in [0.05, 0.1) is 7.11 Å². The van der Waals surface area contributed by atoms with Crippen LogP contribution in [0.25, 0.3) is 0 Å². The van der Waals surface area contributed by atoms with Gasteiger partial charge in [0.25, 0.3) is 0 Å². The number of nitrogens with zero attached hydrogens (tertiary/aromatic N) is 1. The molecule has 0 saturated carbocycles. The standard InChI is InChI=1S/C10H11NO5/c1-15-10-6-8(7-12)2-3-9(10)16-5-4-11(13)14/h2-3,6-7H,4-5H2,1H3. The zero-order valence-corrected chi connectivity index (χ0v) is 8.71. The van der Waals surface area contributed by atoms with E-state index < -0.39 is 4.92 Å². The van der Waals surface area contributed by atoms with E-state index >= 15 is 0 Å². The van der Waals surface area contributed by atoms with Crippen LogP contribution in [0.15, 0.2) is 18.2 Å². The predicted molar refractivity (Wildman–Crippen MR) is 55.7 cm³/mol. The lowest BCUT2D eigenvalue weighted by molar-refractivity contribution is -0.481. The highest BCUT2D eigenvalue weighted by Gasteiger charge is 2.06. The molecule has 0 aromatic heterocycles. The zero-order chi connectivity index (χ0) is 12.0. The van der Waals surface area contributed by atoms with Crippen molar-refractivity contribution < 1.29 is 19.2 Å². The third kappa shape index (κ3) is 3.23. The third-order valence-electron chi connectivity index (χ3n) is 1.86. The maximum Gasteiger partial charge on any atom is 0.237 e. The van der Waals surface area contributed by atoms with Crippen LogP contribution in [0.5, 0.6) is 11.5 Å². The summed E-state index contributed by atoms with van der Waals surface area (Å²) in [7, 11) is 1.43. The molecule has 16 heavy (non-hydrogen) atoms. The number of rotatable bonds is 6. The molecular weight excluding hydrogens is 214 g/mol. The van der Waals surface area contributed by atoms with Crippen molar-refractivity contribution in [3.8, 4) is 11.5 Å². The van der Waals surface area contributed by atoms with Gasteiger partial charge >= 0.3 is 0 Å². The molecule has 0 aliphatic carbocycles. The highest BCUT2D eigenvalue weighted by atomic mass is 16.6. The summed E-state index contributed by atoms with van der Waals surface area (Å²) in [5.41, 5.74) is 0.457. The van der Waals surface area contributed by atoms with Crippen LogP contribution in [0.4, 0.5) is 0 Å². The monoisotopic (exact) mass is 225 g/mol. The van der Waals surface area contributed by atoms with Crippen LogP contribution in [0.2, 0.25) is 0 Å². The lowest BCUT2D eigenvalue weighted by atomic mass is 10.2. The maximum atomic E-state index is 10.5. The molecule has 0 N–H and O–H groups in total. The topological polar surface area (TPSA) is 78.7 Å². The molecule has 0 aliphatic heterocycles. The average Bonchev–Trinajstić information content (AvgIpc) is 2.29. The van der Waals surface area contributed by atoms with Crippen LogP contribution in [0.1, 0.15) is 10.4 Å². The van der Waals surface area contributed by atoms with Crippen LogP contribution in [-0.4, -0.2) is 31.5 Å². The minimum absolute atomic E-state index is 0.0379. The highest BCUT2D eigenvalue weighted by Crippen LogP contribution is 2.27. The summed E-state index contributed by atoms with van der Waals surface area (Å²) in [6, 6.07) is 4.61. The predicted octanol–water partition coefficient (Wildman–Crippen LogP) is 1.16. The van der Waals surface area contributed by atoms with Gasteiger partial charge in [0.2, 0.25) is 6.54 Å². The second-order valence-corrected chi connectivity index (χ2v) is 2.93. The van der Waals surface area contributed by atoms with Gasteiger partial charge in [0.15, 0.2) is 18.1 Å². The van der Waals surface area contributed by atoms with Gasteiger partial charge < -0.3 is 9.47 Å². The molecule has 0 aliphatic rings. The van der Waals surface area contributed by atoms with E-state index in [4.69, 9.17) is 9.47 Å². The lowest BCUT2D eigenvalue weighted by Crippen LogP contribution is -2.11. The van der Waals surface area contributed by atoms with Gasteiger partial charge in [-0.2, -0.15) is 0 Å². The van der Waals surface area contributed by atoms with E-state index in [1.807, 2.05) is 0 Å². The van der Waals surface area contributed by atoms with Gasteiger partial charge in [-0.1, -0.05) is 0 Å². The normalized spacial score (nSPS) is 9.56. The average molecular weight is 225 g/mol. The quantitative estimate of drug-likeness (QED) is 0.412. The molecule has 0 atom stereocenters. The Morgan fingerprint density at radius 1 is 1.44 bits per heavy atom. The second kappa shape index (κ2) is 5.69. The second-order valence-electron chi connectivity index (χ2n) is 2.93. The van der Waals surface area contributed by atoms with E-state index in [-0.39, 0.29) is 13.2 Å². The number of carbonyl (C=O) groups is 1. The molecule has 0 fully saturated rings. The van der Waals surface area contributed by atoms with E-state index in [2.05, 4.69) is 0 Å². The maximum absolute atomic E-state index is 10.5. The molecule has 1 aromatic carbocycles. The van der Waals surface area contributed by atoms with Gasteiger partial charge in [-0.15, -0.1) is 0 Å². The molecule has 0 unspecified atom stereocenters. The summed E-state index contributed by atoms with van der Waals surface area (Å²) in [4.78, 5) is 20.1. The first-order chi connectivity index (χ1) is 7.67. The molecule has 0 spiro atoms. The Bertz CT molecular complexity index is 391. The minimum atomic E-state index is -0.466. The number of methoxy groups -OCH3 is 1. The lowest BCUT2D eigenvalue weighted by Gasteiger charge is -2.09. The summed E-state index contributed by atoms with van der Waals surface area (Å²) in [6.07, 6.45) is 0.684. The molecule has 6 heteroatoms. The Hall–Kier alpha value is -2.11. The molecule has 0 bridgehead atoms. The summed E-state index contributed by atoms with van der Waals surface area (Å²) in [5, 5.41) is 10.1. The van der Waals surface area contributed by atoms with E-state index in [9.17, 15) is 14.9 Å². The van der Waals surface area contributed by atoms with Crippen LogP contribution in [0, 0.1) is 10.1 Å². The molecule has 1 aromatic rings. The van der Waals surface area contributed by atoms with E-state index in [0.717, 1.165) is 0 Å². The SMILES string of the molecule is COc1cc(C=O)ccc1OCC[N+](=O)[O-]. The Morgan fingerprint density at radius 3 is 2.75 bits per heavy atom. The molecule has 0 amide bonds. The van der Waals surface area contributed by atoms with Crippen LogP contribution >= 0.6 is 0 Å². The number of benzene rings is 1. The summed E-state index contributed by atoms with van der Waals surface area (Å²) in [5.74, 6) is 0.767. The Balaban J connectivity index is 2.71. The molecule has 0 heterocycles. The molecule has 0 saturated heterocycles. The van der Waals surface area contributed by atoms with Crippen molar-refractivity contribution in [3.05, 3.63) is 33.9 Å². The first-order valence-corrected chi connectivity index (χ1v) is 4.55. The fourth-order valence-electron chi connectivity index (χ4n) is 1.11. The zero-order valence-electron chi connectivity index (χ0n) is 8.71. The summed E-state index contributed by atoms with van der Waals surface area (Å²) >= 11 is 0. The van der Waals surface area contributed by atoms with Crippen LogP contribution < -0.4 is 9.47 Å². The van der Waals surface area contributed by atoms with E-state index in [0.29, 0.717) is 23.3 Å². The summed E-state index contributed by atoms with van der Waals surface area (Å²) in [6.45, 7) is -0.317. The van der Waals surface area contributed by atoms with Gasteiger partial charge in [0.1, 0.15) is 6.29 Å². The number of carbonyl (C=O) groups excluding carboxylic acids is 1. The fraction of sp³-hybridized carbons (Fsp3) is 0.300. The van der Waals surface area contributed by atoms with Crippen molar-refractivity contribution in [1.29, 1.82) is 0 Å². The van der Waals surface area contributed by atoms with Crippen molar-refractivity contribution in [2.75, 3.05) is 20.3 Å². The van der Waals surface area contributed by atoms with E-state index in [1.165, 1.54) is 13.2 Å². The molecular formula is C10H11NO5. The third-order valence-corrected chi connectivity index (χ3v) is 1.86. The minimum Gasteiger partial charge on any atom is -0.493 e. The number of ether oxygens (including phenoxy) is 2. The highest BCUT2D eigenvalue weighted by molar-refractivity contribution is 5.76. The van der Waals surface area contributed by atoms with Gasteiger partial charge in [-0.25, -0.2) is 0 Å². The smallest absolute Gasteiger partial charge is 0.237 e. The van der Waals surface area contributed by atoms with Crippen molar-refractivity contribution in [1.82, 2.24) is 0 Å². The summed E-state index contributed by atoms with van der Waals surface area (Å²) < 4.78 is 10.1. The number of hydrogen-bond donors (Lipinski definition) is 0. The van der Waals surface area contributed by atoms with Crippen LogP contribution in [-0.2, 0) is 0 Å². The van der Waals surface area contributed by atoms with Gasteiger partial charge in [-0.3, -0.25) is 14.9 Å². The van der Waals surface area contributed by atoms with Crippen LogP contribution in [0.3, 0.4) is 0 Å². The largest absolute Gasteiger partial charge is 0.493 e. The van der Waals surface area contributed by atoms with Gasteiger partial charge in [0, 0.05) is 10.5 Å². The Morgan fingerprint density at radius 2 is 2.19 bits per heavy atom. The van der Waals surface area contributed by atoms with Crippen molar-refractivity contribution in [2.24, 2.45) is 0 Å². The molecule has 0 radical (unpaired) electrons. The fourth-order valence-corrected chi connectivity index (χ4v) is 1.11. The molecule has 6 nitrogen and oxygen atoms in total. The van der Waals surface area contributed by atoms with Crippen molar-refractivity contribution >= 4 is 6.29 Å². The van der Waals surface area contributed by atoms with Gasteiger partial charge in [-0.05, 0) is 18.2 Å². The first kappa shape index (κ1) is 12.0. The van der Waals surface area contributed by atoms with Crippen molar-refractivity contribution in [3.63, 3.8) is 0 Å². The Labute approximate surface area is 91.9 Å². The first-order valence-electron chi connectivity index (χ1n) is 4.55. The number of aldehydes is 1. The Kier molecular flexibility index (Phi) is 4.26.